The van der Waals surface area contributed by atoms with Crippen molar-refractivity contribution < 1.29 is 4.79 Å². The molecule has 21 heavy (non-hydrogen) atoms. The molecule has 0 spiro atoms. The lowest BCUT2D eigenvalue weighted by molar-refractivity contribution is 0.0669. The van der Waals surface area contributed by atoms with E-state index < -0.39 is 0 Å². The average molecular weight is 289 g/mol. The molecule has 2 rings (SSSR count). The van der Waals surface area contributed by atoms with Crippen molar-refractivity contribution in [1.29, 1.82) is 0 Å². The Morgan fingerprint density at radius 1 is 1.33 bits per heavy atom. The first kappa shape index (κ1) is 15.8. The number of rotatable bonds is 5. The van der Waals surface area contributed by atoms with E-state index in [1.807, 2.05) is 31.0 Å². The second-order valence-corrected chi connectivity index (χ2v) is 5.96. The maximum Gasteiger partial charge on any atom is 0.272 e. The van der Waals surface area contributed by atoms with Crippen molar-refractivity contribution in [1.82, 2.24) is 9.88 Å². The maximum absolute atomic E-state index is 12.6. The number of carbonyl (C=O) groups is 1. The van der Waals surface area contributed by atoms with E-state index in [0.29, 0.717) is 11.7 Å². The number of amides is 1. The Morgan fingerprint density at radius 2 is 2.05 bits per heavy atom. The van der Waals surface area contributed by atoms with E-state index in [-0.39, 0.29) is 5.91 Å². The van der Waals surface area contributed by atoms with Gasteiger partial charge in [-0.25, -0.2) is 0 Å². The van der Waals surface area contributed by atoms with E-state index in [2.05, 4.69) is 17.2 Å². The molecule has 0 radical (unpaired) electrons. The summed E-state index contributed by atoms with van der Waals surface area (Å²) in [5.74, 6) is 0.884. The molecule has 1 aliphatic rings. The topological polar surface area (TPSA) is 45.2 Å². The van der Waals surface area contributed by atoms with Gasteiger partial charge in [0, 0.05) is 31.5 Å². The fourth-order valence-corrected chi connectivity index (χ4v) is 3.15. The molecule has 116 valence electrons. The fraction of sp³-hybridized carbons (Fsp3) is 0.647. The number of aromatic nitrogens is 1. The van der Waals surface area contributed by atoms with Crippen LogP contribution in [0.4, 0.5) is 5.69 Å². The van der Waals surface area contributed by atoms with Gasteiger partial charge in [-0.2, -0.15) is 0 Å². The zero-order chi connectivity index (χ0) is 15.2. The molecule has 1 N–H and O–H groups in total. The predicted octanol–water partition coefficient (Wildman–Crippen LogP) is 3.55. The van der Waals surface area contributed by atoms with Gasteiger partial charge in [-0.3, -0.25) is 9.78 Å². The molecule has 4 heteroatoms. The summed E-state index contributed by atoms with van der Waals surface area (Å²) < 4.78 is 0. The standard InChI is InChI=1S/C17H27N3O/c1-4-13-6-8-15(9-7-13)20(3)17(21)16-12-14(18-5-2)10-11-19-16/h10-13,15H,4-9H2,1-3H3,(H,18,19). The second kappa shape index (κ2) is 7.43. The Morgan fingerprint density at radius 3 is 2.67 bits per heavy atom. The molecular weight excluding hydrogens is 262 g/mol. The molecule has 0 atom stereocenters. The number of nitrogens with zero attached hydrogens (tertiary/aromatic N) is 2. The van der Waals surface area contributed by atoms with Gasteiger partial charge >= 0.3 is 0 Å². The second-order valence-electron chi connectivity index (χ2n) is 5.96. The fourth-order valence-electron chi connectivity index (χ4n) is 3.15. The third-order valence-electron chi connectivity index (χ3n) is 4.62. The zero-order valence-corrected chi connectivity index (χ0v) is 13.4. The summed E-state index contributed by atoms with van der Waals surface area (Å²) in [7, 11) is 1.92. The number of carbonyl (C=O) groups excluding carboxylic acids is 1. The molecule has 1 heterocycles. The smallest absolute Gasteiger partial charge is 0.272 e. The van der Waals surface area contributed by atoms with Crippen LogP contribution in [0.25, 0.3) is 0 Å². The molecule has 0 aromatic carbocycles. The minimum Gasteiger partial charge on any atom is -0.385 e. The van der Waals surface area contributed by atoms with Crippen LogP contribution in [-0.2, 0) is 0 Å². The summed E-state index contributed by atoms with van der Waals surface area (Å²) in [6.45, 7) is 5.14. The Labute approximate surface area is 127 Å². The van der Waals surface area contributed by atoms with Gasteiger partial charge in [-0.1, -0.05) is 13.3 Å². The van der Waals surface area contributed by atoms with Crippen molar-refractivity contribution >= 4 is 11.6 Å². The summed E-state index contributed by atoms with van der Waals surface area (Å²) >= 11 is 0. The molecular formula is C17H27N3O. The number of hydrogen-bond donors (Lipinski definition) is 1. The minimum atomic E-state index is 0.0368. The molecule has 0 unspecified atom stereocenters. The number of pyridine rings is 1. The largest absolute Gasteiger partial charge is 0.385 e. The van der Waals surface area contributed by atoms with Crippen LogP contribution < -0.4 is 5.32 Å². The van der Waals surface area contributed by atoms with Crippen LogP contribution in [0.1, 0.15) is 56.4 Å². The third kappa shape index (κ3) is 3.96. The summed E-state index contributed by atoms with van der Waals surface area (Å²) in [6, 6.07) is 4.11. The highest BCUT2D eigenvalue weighted by Gasteiger charge is 2.26. The number of nitrogens with one attached hydrogen (secondary N) is 1. The van der Waals surface area contributed by atoms with Crippen LogP contribution >= 0.6 is 0 Å². The molecule has 1 saturated carbocycles. The van der Waals surface area contributed by atoms with Crippen LogP contribution in [0.5, 0.6) is 0 Å². The molecule has 1 aliphatic carbocycles. The van der Waals surface area contributed by atoms with Crippen LogP contribution in [-0.4, -0.2) is 35.4 Å². The van der Waals surface area contributed by atoms with E-state index in [0.717, 1.165) is 31.0 Å². The van der Waals surface area contributed by atoms with Gasteiger partial charge in [-0.15, -0.1) is 0 Å². The monoisotopic (exact) mass is 289 g/mol. The zero-order valence-electron chi connectivity index (χ0n) is 13.4. The van der Waals surface area contributed by atoms with E-state index in [4.69, 9.17) is 0 Å². The van der Waals surface area contributed by atoms with E-state index in [1.165, 1.54) is 19.3 Å². The van der Waals surface area contributed by atoms with Gasteiger partial charge in [0.05, 0.1) is 0 Å². The lowest BCUT2D eigenvalue weighted by atomic mass is 9.84. The molecule has 1 amide bonds. The average Bonchev–Trinajstić information content (AvgIpc) is 2.54. The summed E-state index contributed by atoms with van der Waals surface area (Å²) in [6.07, 6.45) is 7.68. The third-order valence-corrected chi connectivity index (χ3v) is 4.62. The van der Waals surface area contributed by atoms with Crippen LogP contribution in [0.3, 0.4) is 0 Å². The highest BCUT2D eigenvalue weighted by Crippen LogP contribution is 2.29. The molecule has 0 bridgehead atoms. The van der Waals surface area contributed by atoms with Crippen LogP contribution in [0, 0.1) is 5.92 Å². The van der Waals surface area contributed by atoms with Crippen molar-refractivity contribution in [2.24, 2.45) is 5.92 Å². The van der Waals surface area contributed by atoms with E-state index in [1.54, 1.807) is 6.20 Å². The lowest BCUT2D eigenvalue weighted by Crippen LogP contribution is -2.39. The molecule has 0 aliphatic heterocycles. The first-order chi connectivity index (χ1) is 10.2. The molecule has 1 aromatic heterocycles. The summed E-state index contributed by atoms with van der Waals surface area (Å²) in [5.41, 5.74) is 1.49. The highest BCUT2D eigenvalue weighted by atomic mass is 16.2. The van der Waals surface area contributed by atoms with Gasteiger partial charge in [0.2, 0.25) is 0 Å². The van der Waals surface area contributed by atoms with Crippen molar-refractivity contribution in [2.75, 3.05) is 18.9 Å². The summed E-state index contributed by atoms with van der Waals surface area (Å²) in [5, 5.41) is 3.22. The Kier molecular flexibility index (Phi) is 5.59. The van der Waals surface area contributed by atoms with Crippen molar-refractivity contribution in [3.05, 3.63) is 24.0 Å². The predicted molar refractivity (Wildman–Crippen MR) is 86.5 cm³/mol. The van der Waals surface area contributed by atoms with Gasteiger partial charge in [0.1, 0.15) is 5.69 Å². The van der Waals surface area contributed by atoms with Gasteiger partial charge in [0.25, 0.3) is 5.91 Å². The van der Waals surface area contributed by atoms with Gasteiger partial charge in [-0.05, 0) is 50.7 Å². The number of hydrogen-bond acceptors (Lipinski definition) is 3. The van der Waals surface area contributed by atoms with Crippen molar-refractivity contribution in [3.63, 3.8) is 0 Å². The van der Waals surface area contributed by atoms with Crippen LogP contribution in [0.2, 0.25) is 0 Å². The van der Waals surface area contributed by atoms with Gasteiger partial charge in [0.15, 0.2) is 0 Å². The Balaban J connectivity index is 2.00. The Hall–Kier alpha value is -1.58. The molecule has 0 saturated heterocycles. The van der Waals surface area contributed by atoms with Gasteiger partial charge < -0.3 is 10.2 Å². The Bertz CT molecular complexity index is 467. The maximum atomic E-state index is 12.6. The molecule has 1 aromatic rings. The quantitative estimate of drug-likeness (QED) is 0.901. The highest BCUT2D eigenvalue weighted by molar-refractivity contribution is 5.93. The molecule has 1 fully saturated rings. The first-order valence-electron chi connectivity index (χ1n) is 8.12. The summed E-state index contributed by atoms with van der Waals surface area (Å²) in [4.78, 5) is 18.7. The van der Waals surface area contributed by atoms with Crippen LogP contribution in [0.15, 0.2) is 18.3 Å². The van der Waals surface area contributed by atoms with E-state index >= 15 is 0 Å². The van der Waals surface area contributed by atoms with Crippen molar-refractivity contribution in [2.45, 2.75) is 52.0 Å². The number of anilines is 1. The minimum absolute atomic E-state index is 0.0368. The van der Waals surface area contributed by atoms with Crippen molar-refractivity contribution in [3.8, 4) is 0 Å². The lowest BCUT2D eigenvalue weighted by Gasteiger charge is -2.34. The SMILES string of the molecule is CCNc1ccnc(C(=O)N(C)C2CCC(CC)CC2)c1. The normalized spacial score (nSPS) is 21.9. The molecule has 4 nitrogen and oxygen atoms in total. The van der Waals surface area contributed by atoms with E-state index in [9.17, 15) is 4.79 Å². The first-order valence-corrected chi connectivity index (χ1v) is 8.12.